The predicted octanol–water partition coefficient (Wildman–Crippen LogP) is 3.48. The van der Waals surface area contributed by atoms with Gasteiger partial charge < -0.3 is 16.0 Å². The first kappa shape index (κ1) is 22.7. The van der Waals surface area contributed by atoms with Crippen molar-refractivity contribution >= 4 is 28.9 Å². The lowest BCUT2D eigenvalue weighted by atomic mass is 10.0. The van der Waals surface area contributed by atoms with Crippen molar-refractivity contribution in [3.63, 3.8) is 0 Å². The molecule has 0 aliphatic carbocycles. The zero-order chi connectivity index (χ0) is 23.0. The van der Waals surface area contributed by atoms with Gasteiger partial charge in [0.05, 0.1) is 11.4 Å². The fourth-order valence-electron chi connectivity index (χ4n) is 3.22. The number of hydrogen-bond acceptors (Lipinski definition) is 5. The molecule has 32 heavy (non-hydrogen) atoms. The quantitative estimate of drug-likeness (QED) is 0.542. The molecule has 0 bridgehead atoms. The summed E-state index contributed by atoms with van der Waals surface area (Å²) in [6.07, 6.45) is 0. The molecule has 164 valence electrons. The SMILES string of the molecule is CC1=NN(c2ccccc2)C(=O)C1(NC(=O)c1ccccc1)Nc1ccccc1.CNC. The molecule has 3 aromatic rings. The lowest BCUT2D eigenvalue weighted by Gasteiger charge is -2.31. The van der Waals surface area contributed by atoms with Crippen molar-refractivity contribution in [3.05, 3.63) is 96.6 Å². The number of para-hydroxylation sites is 2. The van der Waals surface area contributed by atoms with Gasteiger partial charge in [-0.25, -0.2) is 0 Å². The number of amides is 2. The van der Waals surface area contributed by atoms with Gasteiger partial charge in [0.2, 0.25) is 5.66 Å². The van der Waals surface area contributed by atoms with Gasteiger partial charge in [0.15, 0.2) is 0 Å². The molecule has 0 saturated carbocycles. The number of anilines is 2. The zero-order valence-corrected chi connectivity index (χ0v) is 18.4. The monoisotopic (exact) mass is 429 g/mol. The third-order valence-electron chi connectivity index (χ3n) is 4.75. The van der Waals surface area contributed by atoms with E-state index in [0.717, 1.165) is 0 Å². The summed E-state index contributed by atoms with van der Waals surface area (Å²) in [5.74, 6) is -0.749. The van der Waals surface area contributed by atoms with Gasteiger partial charge in [-0.15, -0.1) is 0 Å². The third kappa shape index (κ3) is 4.84. The Morgan fingerprint density at radius 3 is 1.91 bits per heavy atom. The highest BCUT2D eigenvalue weighted by molar-refractivity contribution is 6.25. The molecule has 0 saturated heterocycles. The molecule has 0 aromatic heterocycles. The summed E-state index contributed by atoms with van der Waals surface area (Å²) >= 11 is 0. The zero-order valence-electron chi connectivity index (χ0n) is 18.4. The number of hydrazone groups is 1. The van der Waals surface area contributed by atoms with Crippen molar-refractivity contribution in [2.24, 2.45) is 5.10 Å². The van der Waals surface area contributed by atoms with Crippen LogP contribution in [0.25, 0.3) is 0 Å². The number of benzene rings is 3. The molecule has 3 aromatic carbocycles. The summed E-state index contributed by atoms with van der Waals surface area (Å²) in [7, 11) is 3.75. The smallest absolute Gasteiger partial charge is 0.300 e. The average molecular weight is 430 g/mol. The van der Waals surface area contributed by atoms with Crippen LogP contribution in [0.4, 0.5) is 11.4 Å². The lowest BCUT2D eigenvalue weighted by molar-refractivity contribution is -0.120. The van der Waals surface area contributed by atoms with E-state index in [-0.39, 0.29) is 11.8 Å². The first-order valence-corrected chi connectivity index (χ1v) is 10.3. The average Bonchev–Trinajstić information content (AvgIpc) is 3.06. The second-order valence-electron chi connectivity index (χ2n) is 7.20. The van der Waals surface area contributed by atoms with Gasteiger partial charge in [-0.1, -0.05) is 54.6 Å². The summed E-state index contributed by atoms with van der Waals surface area (Å²) in [5.41, 5.74) is 0.727. The second kappa shape index (κ2) is 10.4. The maximum absolute atomic E-state index is 13.5. The van der Waals surface area contributed by atoms with Crippen molar-refractivity contribution < 1.29 is 9.59 Å². The topological polar surface area (TPSA) is 85.8 Å². The van der Waals surface area contributed by atoms with Crippen molar-refractivity contribution in [1.29, 1.82) is 0 Å². The number of nitrogens with one attached hydrogen (secondary N) is 3. The molecule has 7 nitrogen and oxygen atoms in total. The normalized spacial score (nSPS) is 17.2. The van der Waals surface area contributed by atoms with Gasteiger partial charge >= 0.3 is 0 Å². The second-order valence-corrected chi connectivity index (χ2v) is 7.20. The van der Waals surface area contributed by atoms with Gasteiger partial charge in [-0.2, -0.15) is 10.1 Å². The number of hydrogen-bond donors (Lipinski definition) is 3. The van der Waals surface area contributed by atoms with E-state index in [2.05, 4.69) is 21.1 Å². The fraction of sp³-hybridized carbons (Fsp3) is 0.160. The highest BCUT2D eigenvalue weighted by Crippen LogP contribution is 2.28. The summed E-state index contributed by atoms with van der Waals surface area (Å²) < 4.78 is 0. The Morgan fingerprint density at radius 2 is 1.34 bits per heavy atom. The van der Waals surface area contributed by atoms with Gasteiger partial charge in [0.1, 0.15) is 0 Å². The van der Waals surface area contributed by atoms with E-state index >= 15 is 0 Å². The molecule has 1 aliphatic heterocycles. The van der Waals surface area contributed by atoms with Gasteiger partial charge in [0, 0.05) is 11.3 Å². The molecule has 2 amide bonds. The molecule has 1 unspecified atom stereocenters. The third-order valence-corrected chi connectivity index (χ3v) is 4.75. The van der Waals surface area contributed by atoms with Crippen molar-refractivity contribution in [1.82, 2.24) is 10.6 Å². The number of rotatable bonds is 5. The molecule has 7 heteroatoms. The predicted molar refractivity (Wildman–Crippen MR) is 129 cm³/mol. The van der Waals surface area contributed by atoms with Crippen LogP contribution in [0, 0.1) is 0 Å². The van der Waals surface area contributed by atoms with Crippen LogP contribution in [-0.2, 0) is 4.79 Å². The number of carbonyl (C=O) groups excluding carboxylic acids is 2. The Kier molecular flexibility index (Phi) is 7.36. The first-order chi connectivity index (χ1) is 15.5. The van der Waals surface area contributed by atoms with Crippen LogP contribution in [0.2, 0.25) is 0 Å². The highest BCUT2D eigenvalue weighted by atomic mass is 16.2. The van der Waals surface area contributed by atoms with Crippen LogP contribution >= 0.6 is 0 Å². The molecule has 0 spiro atoms. The molecule has 4 rings (SSSR count). The van der Waals surface area contributed by atoms with Crippen LogP contribution in [0.3, 0.4) is 0 Å². The van der Waals surface area contributed by atoms with Crippen LogP contribution in [0.5, 0.6) is 0 Å². The Bertz CT molecular complexity index is 1070. The Morgan fingerprint density at radius 1 is 0.844 bits per heavy atom. The molecule has 3 N–H and O–H groups in total. The Labute approximate surface area is 188 Å². The van der Waals surface area contributed by atoms with Crippen LogP contribution < -0.4 is 21.0 Å². The number of carbonyl (C=O) groups is 2. The standard InChI is InChI=1S/C23H20N4O2.C2H7N/c1-17-23(24-19-13-7-3-8-14-19,25-21(28)18-11-5-2-6-12-18)22(29)27(26-17)20-15-9-4-10-16-20;1-3-2/h2-16,24H,1H3,(H,25,28);3H,1-2H3. The van der Waals surface area contributed by atoms with E-state index in [4.69, 9.17) is 0 Å². The van der Waals surface area contributed by atoms with Crippen LogP contribution in [0.1, 0.15) is 17.3 Å². The lowest BCUT2D eigenvalue weighted by Crippen LogP contribution is -2.64. The maximum Gasteiger partial charge on any atom is 0.300 e. The van der Waals surface area contributed by atoms with E-state index in [1.165, 1.54) is 5.01 Å². The summed E-state index contributed by atoms with van der Waals surface area (Å²) in [5, 5.41) is 14.6. The fourth-order valence-corrected chi connectivity index (χ4v) is 3.22. The van der Waals surface area contributed by atoms with Crippen molar-refractivity contribution in [2.75, 3.05) is 24.4 Å². The van der Waals surface area contributed by atoms with Crippen LogP contribution in [0.15, 0.2) is 96.1 Å². The van der Waals surface area contributed by atoms with E-state index in [1.807, 2.05) is 68.7 Å². The van der Waals surface area contributed by atoms with Gasteiger partial charge in [-0.3, -0.25) is 9.59 Å². The molecule has 1 atom stereocenters. The van der Waals surface area contributed by atoms with E-state index < -0.39 is 5.66 Å². The number of nitrogens with zero attached hydrogens (tertiary/aromatic N) is 2. The first-order valence-electron chi connectivity index (χ1n) is 10.3. The van der Waals surface area contributed by atoms with Crippen molar-refractivity contribution in [2.45, 2.75) is 12.6 Å². The van der Waals surface area contributed by atoms with E-state index in [1.54, 1.807) is 43.3 Å². The Hall–Kier alpha value is -3.97. The minimum atomic E-state index is -1.50. The summed E-state index contributed by atoms with van der Waals surface area (Å²) in [4.78, 5) is 26.5. The molecule has 0 radical (unpaired) electrons. The largest absolute Gasteiger partial charge is 0.350 e. The summed E-state index contributed by atoms with van der Waals surface area (Å²) in [6, 6.07) is 27.2. The molecule has 0 fully saturated rings. The van der Waals surface area contributed by atoms with E-state index in [9.17, 15) is 9.59 Å². The van der Waals surface area contributed by atoms with Crippen LogP contribution in [-0.4, -0.2) is 37.3 Å². The maximum atomic E-state index is 13.5. The molecular formula is C25H27N5O2. The molecule has 1 aliphatic rings. The Balaban J connectivity index is 0.000000913. The highest BCUT2D eigenvalue weighted by Gasteiger charge is 2.51. The summed E-state index contributed by atoms with van der Waals surface area (Å²) in [6.45, 7) is 1.72. The van der Waals surface area contributed by atoms with Crippen molar-refractivity contribution in [3.8, 4) is 0 Å². The molecular weight excluding hydrogens is 402 g/mol. The molecule has 1 heterocycles. The van der Waals surface area contributed by atoms with Gasteiger partial charge in [-0.05, 0) is 57.4 Å². The minimum absolute atomic E-state index is 0.369. The minimum Gasteiger partial charge on any atom is -0.350 e. The van der Waals surface area contributed by atoms with Gasteiger partial charge in [0.25, 0.3) is 11.8 Å². The van der Waals surface area contributed by atoms with E-state index in [0.29, 0.717) is 22.6 Å².